The summed E-state index contributed by atoms with van der Waals surface area (Å²) in [7, 11) is 0. The Morgan fingerprint density at radius 2 is 2.04 bits per heavy atom. The molecule has 2 aliphatic heterocycles. The van der Waals surface area contributed by atoms with Crippen LogP contribution in [0, 0.1) is 6.92 Å². The molecular weight excluding hydrogens is 330 g/mol. The summed E-state index contributed by atoms with van der Waals surface area (Å²) in [5.41, 5.74) is 1.39. The third-order valence-corrected chi connectivity index (χ3v) is 5.90. The summed E-state index contributed by atoms with van der Waals surface area (Å²) in [5.74, 6) is -0.00781. The normalized spacial score (nSPS) is 23.7. The third kappa shape index (κ3) is 4.27. The van der Waals surface area contributed by atoms with Crippen molar-refractivity contribution < 1.29 is 9.90 Å². The molecule has 0 aromatic carbocycles. The van der Waals surface area contributed by atoms with Gasteiger partial charge in [-0.2, -0.15) is 5.10 Å². The highest BCUT2D eigenvalue weighted by atomic mass is 16.3. The lowest BCUT2D eigenvalue weighted by Gasteiger charge is -2.47. The molecule has 1 aromatic heterocycles. The molecule has 26 heavy (non-hydrogen) atoms. The number of aryl methyl sites for hydroxylation is 1. The van der Waals surface area contributed by atoms with Gasteiger partial charge in [0.1, 0.15) is 5.69 Å². The Hall–Kier alpha value is -1.44. The molecule has 0 spiro atoms. The van der Waals surface area contributed by atoms with Gasteiger partial charge in [0, 0.05) is 50.1 Å². The van der Waals surface area contributed by atoms with Crippen LogP contribution < -0.4 is 0 Å². The molecule has 2 fully saturated rings. The van der Waals surface area contributed by atoms with E-state index >= 15 is 0 Å². The molecule has 1 unspecified atom stereocenters. The lowest BCUT2D eigenvalue weighted by Crippen LogP contribution is -2.59. The molecular formula is C19H33N5O2. The summed E-state index contributed by atoms with van der Waals surface area (Å²) in [6.07, 6.45) is 3.06. The fourth-order valence-electron chi connectivity index (χ4n) is 4.36. The number of nitrogens with zero attached hydrogens (tertiary/aromatic N) is 4. The van der Waals surface area contributed by atoms with E-state index in [1.165, 1.54) is 12.8 Å². The largest absolute Gasteiger partial charge is 0.396 e. The number of rotatable bonds is 5. The number of aromatic nitrogens is 2. The van der Waals surface area contributed by atoms with Crippen molar-refractivity contribution in [1.82, 2.24) is 24.9 Å². The van der Waals surface area contributed by atoms with E-state index in [1.807, 2.05) is 11.8 Å². The summed E-state index contributed by atoms with van der Waals surface area (Å²) in [4.78, 5) is 19.7. The molecule has 0 saturated carbocycles. The quantitative estimate of drug-likeness (QED) is 0.819. The number of nitrogens with one attached hydrogen (secondary N) is 1. The summed E-state index contributed by atoms with van der Waals surface area (Å²) in [6, 6.07) is 3.20. The first-order valence-corrected chi connectivity index (χ1v) is 9.91. The van der Waals surface area contributed by atoms with Gasteiger partial charge in [-0.15, -0.1) is 0 Å². The van der Waals surface area contributed by atoms with Crippen LogP contribution in [0.1, 0.15) is 49.3 Å². The Bertz CT molecular complexity index is 595. The van der Waals surface area contributed by atoms with Gasteiger partial charge in [-0.05, 0) is 59.2 Å². The van der Waals surface area contributed by atoms with Crippen LogP contribution in [-0.2, 0) is 0 Å². The number of aliphatic hydroxyl groups is 1. The maximum absolute atomic E-state index is 12.7. The number of aromatic amines is 1. The van der Waals surface area contributed by atoms with E-state index in [9.17, 15) is 9.90 Å². The van der Waals surface area contributed by atoms with E-state index in [4.69, 9.17) is 0 Å². The third-order valence-electron chi connectivity index (χ3n) is 5.90. The fraction of sp³-hybridized carbons (Fsp3) is 0.789. The van der Waals surface area contributed by atoms with Gasteiger partial charge in [-0.25, -0.2) is 0 Å². The highest BCUT2D eigenvalue weighted by Gasteiger charge is 2.35. The van der Waals surface area contributed by atoms with E-state index in [0.717, 1.165) is 31.9 Å². The van der Waals surface area contributed by atoms with Crippen LogP contribution in [0.2, 0.25) is 0 Å². The van der Waals surface area contributed by atoms with Gasteiger partial charge >= 0.3 is 0 Å². The Labute approximate surface area is 156 Å². The van der Waals surface area contributed by atoms with Crippen molar-refractivity contribution in [3.8, 4) is 0 Å². The van der Waals surface area contributed by atoms with Crippen LogP contribution in [0.3, 0.4) is 0 Å². The molecule has 1 atom stereocenters. The van der Waals surface area contributed by atoms with Gasteiger partial charge in [0.05, 0.1) is 0 Å². The molecule has 0 bridgehead atoms. The molecule has 2 aliphatic rings. The predicted octanol–water partition coefficient (Wildman–Crippen LogP) is 1.10. The van der Waals surface area contributed by atoms with Gasteiger partial charge in [-0.3, -0.25) is 14.8 Å². The number of piperidine rings is 1. The molecule has 2 N–H and O–H groups in total. The van der Waals surface area contributed by atoms with E-state index in [1.54, 1.807) is 6.07 Å². The van der Waals surface area contributed by atoms with Crippen molar-refractivity contribution in [2.24, 2.45) is 0 Å². The first-order chi connectivity index (χ1) is 12.5. The number of piperazine rings is 1. The summed E-state index contributed by atoms with van der Waals surface area (Å²) < 4.78 is 0. The summed E-state index contributed by atoms with van der Waals surface area (Å²) in [5, 5.41) is 16.5. The molecule has 1 amide bonds. The minimum Gasteiger partial charge on any atom is -0.396 e. The van der Waals surface area contributed by atoms with E-state index in [-0.39, 0.29) is 18.6 Å². The van der Waals surface area contributed by atoms with E-state index < -0.39 is 0 Å². The Kier molecular flexibility index (Phi) is 6.32. The maximum atomic E-state index is 12.7. The zero-order valence-corrected chi connectivity index (χ0v) is 16.3. The molecule has 7 nitrogen and oxygen atoms in total. The van der Waals surface area contributed by atoms with Crippen molar-refractivity contribution in [2.45, 2.75) is 58.2 Å². The maximum Gasteiger partial charge on any atom is 0.274 e. The van der Waals surface area contributed by atoms with Crippen LogP contribution >= 0.6 is 0 Å². The second-order valence-electron chi connectivity index (χ2n) is 7.95. The van der Waals surface area contributed by atoms with Crippen molar-refractivity contribution in [3.05, 3.63) is 17.5 Å². The highest BCUT2D eigenvalue weighted by molar-refractivity contribution is 5.92. The molecule has 3 heterocycles. The van der Waals surface area contributed by atoms with Crippen LogP contribution in [0.4, 0.5) is 0 Å². The standard InChI is InChI=1S/C19H33N5O2/c1-14(2)22-7-4-16(5-8-22)24-10-9-23(13-17(24)6-11-25)19(26)18-12-15(3)20-21-18/h12,14,16-17,25H,4-11,13H2,1-3H3,(H,20,21). The lowest BCUT2D eigenvalue weighted by molar-refractivity contribution is 0.00394. The number of H-pyrrole nitrogens is 1. The topological polar surface area (TPSA) is 75.7 Å². The second-order valence-corrected chi connectivity index (χ2v) is 7.95. The zero-order chi connectivity index (χ0) is 18.7. The molecule has 146 valence electrons. The van der Waals surface area contributed by atoms with Crippen molar-refractivity contribution >= 4 is 5.91 Å². The minimum atomic E-state index is -0.00781. The van der Waals surface area contributed by atoms with Crippen LogP contribution in [-0.4, -0.2) is 93.4 Å². The smallest absolute Gasteiger partial charge is 0.274 e. The van der Waals surface area contributed by atoms with Gasteiger partial charge in [0.25, 0.3) is 5.91 Å². The number of carbonyl (C=O) groups is 1. The Morgan fingerprint density at radius 3 is 2.62 bits per heavy atom. The van der Waals surface area contributed by atoms with Gasteiger partial charge in [-0.1, -0.05) is 0 Å². The van der Waals surface area contributed by atoms with Crippen molar-refractivity contribution in [2.75, 3.05) is 39.3 Å². The van der Waals surface area contributed by atoms with E-state index in [2.05, 4.69) is 33.8 Å². The number of carbonyl (C=O) groups excluding carboxylic acids is 1. The van der Waals surface area contributed by atoms with E-state index in [0.29, 0.717) is 30.7 Å². The minimum absolute atomic E-state index is 0.00781. The highest BCUT2D eigenvalue weighted by Crippen LogP contribution is 2.24. The number of amides is 1. The zero-order valence-electron chi connectivity index (χ0n) is 16.3. The Morgan fingerprint density at radius 1 is 1.31 bits per heavy atom. The summed E-state index contributed by atoms with van der Waals surface area (Å²) >= 11 is 0. The molecule has 2 saturated heterocycles. The number of hydrogen-bond donors (Lipinski definition) is 2. The number of aliphatic hydroxyl groups excluding tert-OH is 1. The average Bonchev–Trinajstić information content (AvgIpc) is 3.08. The van der Waals surface area contributed by atoms with Crippen LogP contribution in [0.25, 0.3) is 0 Å². The number of hydrogen-bond acceptors (Lipinski definition) is 5. The molecule has 0 aliphatic carbocycles. The van der Waals surface area contributed by atoms with Gasteiger partial charge in [0.15, 0.2) is 0 Å². The average molecular weight is 364 g/mol. The van der Waals surface area contributed by atoms with Crippen LogP contribution in [0.15, 0.2) is 6.07 Å². The monoisotopic (exact) mass is 363 g/mol. The first kappa shape index (κ1) is 19.3. The number of likely N-dealkylation sites (tertiary alicyclic amines) is 1. The summed E-state index contributed by atoms with van der Waals surface area (Å²) in [6.45, 7) is 11.2. The van der Waals surface area contributed by atoms with Crippen molar-refractivity contribution in [3.63, 3.8) is 0 Å². The fourth-order valence-corrected chi connectivity index (χ4v) is 4.36. The molecule has 0 radical (unpaired) electrons. The predicted molar refractivity (Wildman–Crippen MR) is 101 cm³/mol. The molecule has 3 rings (SSSR count). The second kappa shape index (κ2) is 8.50. The van der Waals surface area contributed by atoms with Gasteiger partial charge < -0.3 is 14.9 Å². The van der Waals surface area contributed by atoms with Gasteiger partial charge in [0.2, 0.25) is 0 Å². The molecule has 1 aromatic rings. The van der Waals surface area contributed by atoms with Crippen LogP contribution in [0.5, 0.6) is 0 Å². The lowest BCUT2D eigenvalue weighted by atomic mass is 9.97. The SMILES string of the molecule is Cc1cc(C(=O)N2CCN(C3CCN(C(C)C)CC3)C(CCO)C2)n[nH]1. The Balaban J connectivity index is 1.62. The van der Waals surface area contributed by atoms with Crippen molar-refractivity contribution in [1.29, 1.82) is 0 Å². The molecule has 7 heteroatoms. The first-order valence-electron chi connectivity index (χ1n) is 9.91.